The van der Waals surface area contributed by atoms with Crippen molar-refractivity contribution >= 4 is 5.97 Å². The predicted molar refractivity (Wildman–Crippen MR) is 59.2 cm³/mol. The number of halogens is 1. The highest BCUT2D eigenvalue weighted by atomic mass is 19.1. The number of hydrogen-bond donors (Lipinski definition) is 3. The molecule has 0 spiro atoms. The van der Waals surface area contributed by atoms with Crippen LogP contribution in [0.5, 0.6) is 11.5 Å². The van der Waals surface area contributed by atoms with E-state index in [0.717, 1.165) is 12.1 Å². The number of methoxy groups -OCH3 is 1. The Labute approximate surface area is 101 Å². The molecule has 0 bridgehead atoms. The maximum absolute atomic E-state index is 13.8. The molecule has 1 aromatic heterocycles. The minimum absolute atomic E-state index is 0.00468. The number of nitrogens with one attached hydrogen (secondary N) is 1. The predicted octanol–water partition coefficient (Wildman–Crippen LogP) is 1.63. The number of aromatic hydroxyl groups is 1. The van der Waals surface area contributed by atoms with Crippen molar-refractivity contribution in [3.63, 3.8) is 0 Å². The Morgan fingerprint density at radius 1 is 1.44 bits per heavy atom. The fourth-order valence-corrected chi connectivity index (χ4v) is 1.50. The third-order valence-corrected chi connectivity index (χ3v) is 2.34. The number of carbonyl (C=O) groups is 1. The van der Waals surface area contributed by atoms with Crippen LogP contribution in [0.2, 0.25) is 0 Å². The molecule has 7 heteroatoms. The summed E-state index contributed by atoms with van der Waals surface area (Å²) in [4.78, 5) is 10.7. The van der Waals surface area contributed by atoms with Gasteiger partial charge in [-0.25, -0.2) is 9.18 Å². The number of ether oxygens (including phenoxy) is 1. The number of rotatable bonds is 3. The molecule has 0 radical (unpaired) electrons. The quantitative estimate of drug-likeness (QED) is 0.771. The maximum Gasteiger partial charge on any atom is 0.353 e. The molecular formula is C11H9FN2O4. The number of hydrogen-bond acceptors (Lipinski definition) is 4. The van der Waals surface area contributed by atoms with Crippen molar-refractivity contribution in [3.8, 4) is 22.8 Å². The van der Waals surface area contributed by atoms with Crippen molar-refractivity contribution in [2.24, 2.45) is 0 Å². The summed E-state index contributed by atoms with van der Waals surface area (Å²) < 4.78 is 18.5. The van der Waals surface area contributed by atoms with E-state index >= 15 is 0 Å². The highest BCUT2D eigenvalue weighted by Gasteiger charge is 2.17. The zero-order chi connectivity index (χ0) is 13.3. The second-order valence-corrected chi connectivity index (χ2v) is 3.48. The van der Waals surface area contributed by atoms with Crippen LogP contribution in [-0.4, -0.2) is 33.5 Å². The average Bonchev–Trinajstić information content (AvgIpc) is 2.77. The summed E-state index contributed by atoms with van der Waals surface area (Å²) in [5.41, 5.74) is -0.371. The second kappa shape index (κ2) is 4.36. The highest BCUT2D eigenvalue weighted by Crippen LogP contribution is 2.34. The van der Waals surface area contributed by atoms with Crippen LogP contribution in [0.1, 0.15) is 10.5 Å². The number of benzene rings is 1. The molecule has 2 aromatic rings. The van der Waals surface area contributed by atoms with Crippen molar-refractivity contribution in [2.75, 3.05) is 7.11 Å². The van der Waals surface area contributed by atoms with Gasteiger partial charge in [0.05, 0.1) is 18.4 Å². The number of H-pyrrole nitrogens is 1. The molecule has 0 fully saturated rings. The Morgan fingerprint density at radius 3 is 2.67 bits per heavy atom. The van der Waals surface area contributed by atoms with Crippen molar-refractivity contribution in [3.05, 3.63) is 29.7 Å². The molecule has 2 rings (SSSR count). The summed E-state index contributed by atoms with van der Waals surface area (Å²) >= 11 is 0. The number of carboxylic acid groups (broad SMARTS) is 1. The van der Waals surface area contributed by atoms with Gasteiger partial charge in [0.2, 0.25) is 0 Å². The fraction of sp³-hybridized carbons (Fsp3) is 0.0909. The normalized spacial score (nSPS) is 10.3. The van der Waals surface area contributed by atoms with E-state index in [0.29, 0.717) is 0 Å². The van der Waals surface area contributed by atoms with Crippen molar-refractivity contribution in [1.29, 1.82) is 0 Å². The molecule has 94 valence electrons. The van der Waals surface area contributed by atoms with E-state index in [1.165, 1.54) is 13.2 Å². The van der Waals surface area contributed by atoms with E-state index in [2.05, 4.69) is 10.2 Å². The SMILES string of the molecule is COc1cc(O)c(-c2cc(C(=O)O)[nH]n2)c(F)c1. The Hall–Kier alpha value is -2.57. The third kappa shape index (κ3) is 1.97. The van der Waals surface area contributed by atoms with Crippen LogP contribution < -0.4 is 4.74 Å². The summed E-state index contributed by atoms with van der Waals surface area (Å²) in [6.45, 7) is 0. The van der Waals surface area contributed by atoms with Crippen molar-refractivity contribution < 1.29 is 24.1 Å². The van der Waals surface area contributed by atoms with E-state index in [1.54, 1.807) is 0 Å². The first kappa shape index (κ1) is 11.9. The number of aromatic nitrogens is 2. The van der Waals surface area contributed by atoms with Crippen LogP contribution in [0.3, 0.4) is 0 Å². The zero-order valence-electron chi connectivity index (χ0n) is 9.27. The standard InChI is InChI=1S/C11H9FN2O4/c1-18-5-2-6(12)10(9(15)3-5)7-4-8(11(16)17)14-13-7/h2-4,15H,1H3,(H,13,14)(H,16,17). The summed E-state index contributed by atoms with van der Waals surface area (Å²) in [6.07, 6.45) is 0. The number of aromatic amines is 1. The highest BCUT2D eigenvalue weighted by molar-refractivity contribution is 5.87. The first-order valence-corrected chi connectivity index (χ1v) is 4.88. The zero-order valence-corrected chi connectivity index (χ0v) is 9.27. The lowest BCUT2D eigenvalue weighted by molar-refractivity contribution is 0.0690. The molecule has 0 unspecified atom stereocenters. The Balaban J connectivity index is 2.53. The molecule has 6 nitrogen and oxygen atoms in total. The van der Waals surface area contributed by atoms with Crippen molar-refractivity contribution in [2.45, 2.75) is 0 Å². The van der Waals surface area contributed by atoms with Gasteiger partial charge in [-0.2, -0.15) is 5.10 Å². The molecule has 0 saturated carbocycles. The van der Waals surface area contributed by atoms with Gasteiger partial charge in [-0.3, -0.25) is 5.10 Å². The molecule has 0 saturated heterocycles. The largest absolute Gasteiger partial charge is 0.507 e. The number of nitrogens with zero attached hydrogens (tertiary/aromatic N) is 1. The topological polar surface area (TPSA) is 95.4 Å². The second-order valence-electron chi connectivity index (χ2n) is 3.48. The number of aromatic carboxylic acids is 1. The van der Waals surface area contributed by atoms with Gasteiger partial charge in [-0.05, 0) is 6.07 Å². The Morgan fingerprint density at radius 2 is 2.17 bits per heavy atom. The maximum atomic E-state index is 13.8. The van der Waals surface area contributed by atoms with Gasteiger partial charge < -0.3 is 14.9 Å². The van der Waals surface area contributed by atoms with E-state index in [4.69, 9.17) is 9.84 Å². The number of carboxylic acids is 1. The fourth-order valence-electron chi connectivity index (χ4n) is 1.50. The lowest BCUT2D eigenvalue weighted by atomic mass is 10.1. The number of phenolic OH excluding ortho intramolecular Hbond substituents is 1. The van der Waals surface area contributed by atoms with Gasteiger partial charge >= 0.3 is 5.97 Å². The first-order chi connectivity index (χ1) is 8.52. The van der Waals surface area contributed by atoms with Gasteiger partial charge in [0.25, 0.3) is 0 Å². The van der Waals surface area contributed by atoms with Gasteiger partial charge in [0.1, 0.15) is 23.0 Å². The Bertz CT molecular complexity index is 586. The molecule has 0 aliphatic heterocycles. The van der Waals surface area contributed by atoms with E-state index in [1.807, 2.05) is 0 Å². The van der Waals surface area contributed by atoms with Gasteiger partial charge in [0.15, 0.2) is 0 Å². The Kier molecular flexibility index (Phi) is 2.88. The van der Waals surface area contributed by atoms with Crippen LogP contribution in [0, 0.1) is 5.82 Å². The molecule has 0 atom stereocenters. The van der Waals surface area contributed by atoms with Crippen LogP contribution in [0.15, 0.2) is 18.2 Å². The summed E-state index contributed by atoms with van der Waals surface area (Å²) in [6, 6.07) is 3.42. The van der Waals surface area contributed by atoms with Gasteiger partial charge in [0, 0.05) is 12.1 Å². The van der Waals surface area contributed by atoms with Gasteiger partial charge in [-0.15, -0.1) is 0 Å². The lowest BCUT2D eigenvalue weighted by Crippen LogP contribution is -1.95. The summed E-state index contributed by atoms with van der Waals surface area (Å²) in [5, 5.41) is 24.3. The minimum Gasteiger partial charge on any atom is -0.507 e. The van der Waals surface area contributed by atoms with E-state index < -0.39 is 11.8 Å². The monoisotopic (exact) mass is 252 g/mol. The molecule has 1 heterocycles. The molecular weight excluding hydrogens is 243 g/mol. The van der Waals surface area contributed by atoms with Crippen LogP contribution in [0.4, 0.5) is 4.39 Å². The lowest BCUT2D eigenvalue weighted by Gasteiger charge is -2.06. The molecule has 0 aliphatic carbocycles. The molecule has 0 amide bonds. The summed E-state index contributed by atoms with van der Waals surface area (Å²) in [5.74, 6) is -2.20. The van der Waals surface area contributed by atoms with Crippen LogP contribution >= 0.6 is 0 Å². The van der Waals surface area contributed by atoms with Crippen molar-refractivity contribution in [1.82, 2.24) is 10.2 Å². The van der Waals surface area contributed by atoms with E-state index in [9.17, 15) is 14.3 Å². The molecule has 18 heavy (non-hydrogen) atoms. The molecule has 0 aliphatic rings. The average molecular weight is 252 g/mol. The van der Waals surface area contributed by atoms with E-state index in [-0.39, 0.29) is 28.5 Å². The summed E-state index contributed by atoms with van der Waals surface area (Å²) in [7, 11) is 1.34. The molecule has 3 N–H and O–H groups in total. The molecule has 1 aromatic carbocycles. The van der Waals surface area contributed by atoms with Crippen LogP contribution in [0.25, 0.3) is 11.3 Å². The minimum atomic E-state index is -1.22. The van der Waals surface area contributed by atoms with Crippen LogP contribution in [-0.2, 0) is 0 Å². The number of phenols is 1. The third-order valence-electron chi connectivity index (χ3n) is 2.34. The first-order valence-electron chi connectivity index (χ1n) is 4.88. The van der Waals surface area contributed by atoms with Gasteiger partial charge in [-0.1, -0.05) is 0 Å². The smallest absolute Gasteiger partial charge is 0.353 e.